The molecule has 0 saturated heterocycles. The largest absolute Gasteiger partial charge is 0.490 e. The van der Waals surface area contributed by atoms with E-state index in [0.29, 0.717) is 6.61 Å². The molecular weight excluding hydrogens is 380 g/mol. The second-order valence-corrected chi connectivity index (χ2v) is 7.72. The van der Waals surface area contributed by atoms with Gasteiger partial charge in [0.1, 0.15) is 12.4 Å². The number of likely N-dealkylation sites (N-methyl/N-ethyl adjacent to an activating group) is 1. The molecule has 0 aliphatic rings. The van der Waals surface area contributed by atoms with E-state index in [0.717, 1.165) is 45.7 Å². The van der Waals surface area contributed by atoms with Crippen LogP contribution in [0.15, 0.2) is 66.4 Å². The van der Waals surface area contributed by atoms with Crippen LogP contribution in [0.4, 0.5) is 0 Å². The van der Waals surface area contributed by atoms with Gasteiger partial charge in [-0.2, -0.15) is 0 Å². The molecule has 1 aromatic carbocycles. The van der Waals surface area contributed by atoms with Crippen LogP contribution in [-0.2, 0) is 0 Å². The lowest BCUT2D eigenvalue weighted by molar-refractivity contribution is 0.318. The van der Waals surface area contributed by atoms with Crippen LogP contribution in [0.25, 0.3) is 43.5 Å². The molecule has 5 aromatic rings. The van der Waals surface area contributed by atoms with Gasteiger partial charge in [0, 0.05) is 34.8 Å². The topological polar surface area (TPSA) is 62.8 Å². The van der Waals surface area contributed by atoms with Crippen molar-refractivity contribution in [2.24, 2.45) is 0 Å². The van der Waals surface area contributed by atoms with Crippen LogP contribution < -0.4 is 10.1 Å². The van der Waals surface area contributed by atoms with Gasteiger partial charge in [-0.15, -0.1) is 11.3 Å². The number of benzene rings is 1. The molecule has 6 heteroatoms. The summed E-state index contributed by atoms with van der Waals surface area (Å²) in [5.41, 5.74) is 6.16. The Bertz CT molecular complexity index is 1290. The summed E-state index contributed by atoms with van der Waals surface area (Å²) in [6.07, 6.45) is 5.41. The molecular formula is C23H20N4OS. The highest BCUT2D eigenvalue weighted by Crippen LogP contribution is 2.41. The number of thiophene rings is 1. The second kappa shape index (κ2) is 7.66. The summed E-state index contributed by atoms with van der Waals surface area (Å²) >= 11 is 1.75. The number of pyridine rings is 2. The van der Waals surface area contributed by atoms with Crippen molar-refractivity contribution in [2.75, 3.05) is 20.2 Å². The fraction of sp³-hybridized carbons (Fsp3) is 0.130. The molecule has 0 aliphatic heterocycles. The molecule has 0 unspecified atom stereocenters. The minimum absolute atomic E-state index is 0.574. The average molecular weight is 401 g/mol. The summed E-state index contributed by atoms with van der Waals surface area (Å²) in [7, 11) is 1.91. The maximum Gasteiger partial charge on any atom is 0.146 e. The molecule has 5 nitrogen and oxygen atoms in total. The van der Waals surface area contributed by atoms with E-state index in [9.17, 15) is 0 Å². The molecule has 144 valence electrons. The molecule has 4 aromatic heterocycles. The monoisotopic (exact) mass is 400 g/mol. The first-order valence-electron chi connectivity index (χ1n) is 9.51. The number of hydrogen-bond acceptors (Lipinski definition) is 5. The normalized spacial score (nSPS) is 11.3. The van der Waals surface area contributed by atoms with E-state index >= 15 is 0 Å². The molecule has 0 amide bonds. The molecule has 0 saturated carbocycles. The van der Waals surface area contributed by atoms with Crippen molar-refractivity contribution in [1.82, 2.24) is 20.3 Å². The Hall–Kier alpha value is -3.22. The standard InChI is InChI=1S/C23H20N4OS/c1-24-10-11-28-19-14-25-9-6-17(19)22-21(23-18(27-22)3-2-8-26-23)16-5-4-15-7-12-29-20(15)13-16/h2-9,12-14,24,27H,10-11H2,1H3. The number of aromatic amines is 1. The summed E-state index contributed by atoms with van der Waals surface area (Å²) in [4.78, 5) is 12.5. The Morgan fingerprint density at radius 3 is 3.03 bits per heavy atom. The van der Waals surface area contributed by atoms with Crippen LogP contribution in [0.1, 0.15) is 0 Å². The van der Waals surface area contributed by atoms with Crippen molar-refractivity contribution in [2.45, 2.75) is 0 Å². The SMILES string of the molecule is CNCCOc1cnccc1-c1[nH]c2cccnc2c1-c1ccc2ccsc2c1. The van der Waals surface area contributed by atoms with E-state index in [-0.39, 0.29) is 0 Å². The minimum atomic E-state index is 0.574. The number of fused-ring (bicyclic) bond motifs is 2. The van der Waals surface area contributed by atoms with Gasteiger partial charge < -0.3 is 15.0 Å². The highest BCUT2D eigenvalue weighted by Gasteiger charge is 2.19. The van der Waals surface area contributed by atoms with Crippen molar-refractivity contribution >= 4 is 32.5 Å². The molecule has 2 N–H and O–H groups in total. The number of ether oxygens (including phenoxy) is 1. The smallest absolute Gasteiger partial charge is 0.146 e. The van der Waals surface area contributed by atoms with Crippen LogP contribution in [0.2, 0.25) is 0 Å². The number of nitrogens with one attached hydrogen (secondary N) is 2. The van der Waals surface area contributed by atoms with Crippen LogP contribution >= 0.6 is 11.3 Å². The van der Waals surface area contributed by atoms with Crippen LogP contribution in [0, 0.1) is 0 Å². The van der Waals surface area contributed by atoms with Crippen molar-refractivity contribution < 1.29 is 4.74 Å². The molecule has 0 bridgehead atoms. The number of H-pyrrole nitrogens is 1. The Balaban J connectivity index is 1.72. The van der Waals surface area contributed by atoms with E-state index in [2.05, 4.69) is 56.0 Å². The van der Waals surface area contributed by atoms with E-state index in [1.807, 2.05) is 25.4 Å². The van der Waals surface area contributed by atoms with Crippen LogP contribution in [0.5, 0.6) is 5.75 Å². The lowest BCUT2D eigenvalue weighted by Gasteiger charge is -2.12. The quantitative estimate of drug-likeness (QED) is 0.389. The minimum Gasteiger partial charge on any atom is -0.490 e. The molecule has 0 spiro atoms. The fourth-order valence-corrected chi connectivity index (χ4v) is 4.41. The van der Waals surface area contributed by atoms with Gasteiger partial charge in [-0.3, -0.25) is 9.97 Å². The van der Waals surface area contributed by atoms with E-state index in [4.69, 9.17) is 4.74 Å². The lowest BCUT2D eigenvalue weighted by Crippen LogP contribution is -2.16. The summed E-state index contributed by atoms with van der Waals surface area (Å²) in [6.45, 7) is 1.34. The van der Waals surface area contributed by atoms with Gasteiger partial charge in [-0.05, 0) is 53.7 Å². The van der Waals surface area contributed by atoms with Gasteiger partial charge >= 0.3 is 0 Å². The average Bonchev–Trinajstić information content (AvgIpc) is 3.38. The van der Waals surface area contributed by atoms with Gasteiger partial charge in [0.25, 0.3) is 0 Å². The van der Waals surface area contributed by atoms with E-state index in [1.165, 1.54) is 10.1 Å². The van der Waals surface area contributed by atoms with E-state index in [1.54, 1.807) is 23.7 Å². The highest BCUT2D eigenvalue weighted by molar-refractivity contribution is 7.17. The summed E-state index contributed by atoms with van der Waals surface area (Å²) in [5.74, 6) is 0.757. The molecule has 5 rings (SSSR count). The fourth-order valence-electron chi connectivity index (χ4n) is 3.58. The van der Waals surface area contributed by atoms with Gasteiger partial charge in [0.05, 0.1) is 22.9 Å². The zero-order valence-corrected chi connectivity index (χ0v) is 16.8. The molecule has 4 heterocycles. The molecule has 0 radical (unpaired) electrons. The van der Waals surface area contributed by atoms with Crippen LogP contribution in [0.3, 0.4) is 0 Å². The number of aromatic nitrogens is 3. The van der Waals surface area contributed by atoms with Gasteiger partial charge in [-0.1, -0.05) is 12.1 Å². The third kappa shape index (κ3) is 3.26. The van der Waals surface area contributed by atoms with Gasteiger partial charge in [0.2, 0.25) is 0 Å². The van der Waals surface area contributed by atoms with Crippen molar-refractivity contribution in [3.63, 3.8) is 0 Å². The maximum absolute atomic E-state index is 6.01. The maximum atomic E-state index is 6.01. The molecule has 0 atom stereocenters. The van der Waals surface area contributed by atoms with Crippen molar-refractivity contribution in [3.05, 3.63) is 66.4 Å². The highest BCUT2D eigenvalue weighted by atomic mass is 32.1. The van der Waals surface area contributed by atoms with Gasteiger partial charge in [0.15, 0.2) is 0 Å². The zero-order valence-electron chi connectivity index (χ0n) is 16.0. The van der Waals surface area contributed by atoms with Crippen molar-refractivity contribution in [1.29, 1.82) is 0 Å². The summed E-state index contributed by atoms with van der Waals surface area (Å²) in [5, 5.41) is 6.49. The molecule has 0 aliphatic carbocycles. The first-order valence-corrected chi connectivity index (χ1v) is 10.4. The number of nitrogens with zero attached hydrogens (tertiary/aromatic N) is 2. The predicted octanol–water partition coefficient (Wildman–Crippen LogP) is 5.10. The first kappa shape index (κ1) is 17.8. The Morgan fingerprint density at radius 2 is 2.10 bits per heavy atom. The number of rotatable bonds is 6. The predicted molar refractivity (Wildman–Crippen MR) is 120 cm³/mol. The Morgan fingerprint density at radius 1 is 1.14 bits per heavy atom. The van der Waals surface area contributed by atoms with E-state index < -0.39 is 0 Å². The molecule has 29 heavy (non-hydrogen) atoms. The van der Waals surface area contributed by atoms with Crippen LogP contribution in [-0.4, -0.2) is 35.2 Å². The summed E-state index contributed by atoms with van der Waals surface area (Å²) < 4.78 is 7.28. The second-order valence-electron chi connectivity index (χ2n) is 6.77. The van der Waals surface area contributed by atoms with Gasteiger partial charge in [-0.25, -0.2) is 0 Å². The zero-order chi connectivity index (χ0) is 19.6. The molecule has 0 fully saturated rings. The first-order chi connectivity index (χ1) is 14.3. The Labute approximate surface area is 172 Å². The Kier molecular flexibility index (Phi) is 4.71. The lowest BCUT2D eigenvalue weighted by atomic mass is 10.00. The third-order valence-electron chi connectivity index (χ3n) is 4.96. The third-order valence-corrected chi connectivity index (χ3v) is 5.84. The number of hydrogen-bond donors (Lipinski definition) is 2. The summed E-state index contributed by atoms with van der Waals surface area (Å²) in [6, 6.07) is 14.7. The van der Waals surface area contributed by atoms with Crippen molar-refractivity contribution in [3.8, 4) is 28.1 Å².